The van der Waals surface area contributed by atoms with Gasteiger partial charge in [-0.25, -0.2) is 4.79 Å². The number of methoxy groups -OCH3 is 2. The molecule has 0 atom stereocenters. The predicted octanol–water partition coefficient (Wildman–Crippen LogP) is 4.03. The molecule has 9 heteroatoms. The van der Waals surface area contributed by atoms with Crippen molar-refractivity contribution in [3.63, 3.8) is 0 Å². The van der Waals surface area contributed by atoms with Crippen LogP contribution in [0.25, 0.3) is 0 Å². The number of likely N-dealkylation sites (tertiary alicyclic amines) is 1. The summed E-state index contributed by atoms with van der Waals surface area (Å²) in [7, 11) is 2.68. The third-order valence-corrected chi connectivity index (χ3v) is 6.74. The van der Waals surface area contributed by atoms with Crippen LogP contribution in [-0.4, -0.2) is 68.8 Å². The summed E-state index contributed by atoms with van der Waals surface area (Å²) in [4.78, 5) is 14.1. The molecular weight excluding hydrogens is 437 g/mol. The van der Waals surface area contributed by atoms with E-state index in [1.807, 2.05) is 60.6 Å². The molecule has 8 nitrogen and oxygen atoms in total. The summed E-state index contributed by atoms with van der Waals surface area (Å²) in [5.74, 6) is 2.00. The summed E-state index contributed by atoms with van der Waals surface area (Å²) in [5.41, 5.74) is -0.565. The van der Waals surface area contributed by atoms with Crippen molar-refractivity contribution in [1.82, 2.24) is 4.90 Å². The minimum Gasteiger partial charge on any atom is -0.493 e. The van der Waals surface area contributed by atoms with E-state index in [0.717, 1.165) is 18.3 Å². The van der Waals surface area contributed by atoms with E-state index in [4.69, 9.17) is 28.3 Å². The van der Waals surface area contributed by atoms with E-state index < -0.39 is 23.9 Å². The van der Waals surface area contributed by atoms with Gasteiger partial charge in [0.05, 0.1) is 32.0 Å². The standard InChI is InChI=1S/C25H40BNO7/c1-23(2,3)32-22(28)27-12-10-17(11-13-27)16-31-21-19(29-8)14-18(15-20(21)30-9)26-33-24(4,5)25(6,7)34-26/h14-15,17H,10-13,16H2,1-9H3. The summed E-state index contributed by atoms with van der Waals surface area (Å²) in [5, 5.41) is 0. The summed E-state index contributed by atoms with van der Waals surface area (Å²) in [6.45, 7) is 15.5. The smallest absolute Gasteiger partial charge is 0.493 e. The van der Waals surface area contributed by atoms with Crippen LogP contribution in [0.5, 0.6) is 17.2 Å². The average molecular weight is 477 g/mol. The van der Waals surface area contributed by atoms with E-state index in [-0.39, 0.29) is 6.09 Å². The van der Waals surface area contributed by atoms with Crippen molar-refractivity contribution in [1.29, 1.82) is 0 Å². The summed E-state index contributed by atoms with van der Waals surface area (Å²) in [6, 6.07) is 3.76. The van der Waals surface area contributed by atoms with Crippen LogP contribution in [0, 0.1) is 5.92 Å². The van der Waals surface area contributed by atoms with Crippen LogP contribution < -0.4 is 19.7 Å². The highest BCUT2D eigenvalue weighted by atomic mass is 16.7. The first-order chi connectivity index (χ1) is 15.8. The Kier molecular flexibility index (Phi) is 7.68. The fraction of sp³-hybridized carbons (Fsp3) is 0.720. The Morgan fingerprint density at radius 2 is 1.53 bits per heavy atom. The molecule has 0 spiro atoms. The van der Waals surface area contributed by atoms with Crippen molar-refractivity contribution in [2.24, 2.45) is 5.92 Å². The number of rotatable bonds is 6. The largest absolute Gasteiger partial charge is 0.495 e. The summed E-state index contributed by atoms with van der Waals surface area (Å²) in [6.07, 6.45) is 1.43. The Morgan fingerprint density at radius 1 is 1.03 bits per heavy atom. The van der Waals surface area contributed by atoms with Gasteiger partial charge in [0, 0.05) is 13.1 Å². The number of hydrogen-bond acceptors (Lipinski definition) is 7. The Balaban J connectivity index is 1.65. The Hall–Kier alpha value is -2.13. The highest BCUT2D eigenvalue weighted by molar-refractivity contribution is 6.62. The quantitative estimate of drug-likeness (QED) is 0.573. The van der Waals surface area contributed by atoms with Crippen molar-refractivity contribution < 1.29 is 33.1 Å². The maximum absolute atomic E-state index is 12.3. The van der Waals surface area contributed by atoms with Gasteiger partial charge in [0.15, 0.2) is 11.5 Å². The molecule has 1 aromatic carbocycles. The molecule has 2 heterocycles. The third-order valence-electron chi connectivity index (χ3n) is 6.74. The molecule has 2 fully saturated rings. The van der Waals surface area contributed by atoms with Crippen LogP contribution in [0.4, 0.5) is 4.79 Å². The van der Waals surface area contributed by atoms with Gasteiger partial charge < -0.3 is 33.2 Å². The first kappa shape index (κ1) is 26.5. The number of nitrogens with zero attached hydrogens (tertiary/aromatic N) is 1. The van der Waals surface area contributed by atoms with E-state index in [2.05, 4.69) is 0 Å². The highest BCUT2D eigenvalue weighted by Gasteiger charge is 2.52. The van der Waals surface area contributed by atoms with Crippen LogP contribution in [0.15, 0.2) is 12.1 Å². The zero-order valence-corrected chi connectivity index (χ0v) is 22.1. The predicted molar refractivity (Wildman–Crippen MR) is 131 cm³/mol. The van der Waals surface area contributed by atoms with Gasteiger partial charge in [0.1, 0.15) is 5.60 Å². The number of carbonyl (C=O) groups excluding carboxylic acids is 1. The van der Waals surface area contributed by atoms with Crippen LogP contribution in [-0.2, 0) is 14.0 Å². The monoisotopic (exact) mass is 477 g/mol. The first-order valence-corrected chi connectivity index (χ1v) is 12.0. The molecule has 34 heavy (non-hydrogen) atoms. The topological polar surface area (TPSA) is 75.7 Å². The third kappa shape index (κ3) is 5.92. The second kappa shape index (κ2) is 9.86. The van der Waals surface area contributed by atoms with Gasteiger partial charge in [-0.05, 0) is 84.8 Å². The molecule has 0 bridgehead atoms. The SMILES string of the molecule is COc1cc(B2OC(C)(C)C(C)(C)O2)cc(OC)c1OCC1CCN(C(=O)OC(C)(C)C)CC1. The summed E-state index contributed by atoms with van der Waals surface area (Å²) < 4.78 is 35.3. The van der Waals surface area contributed by atoms with Gasteiger partial charge in [-0.2, -0.15) is 0 Å². The van der Waals surface area contributed by atoms with Crippen LogP contribution in [0.3, 0.4) is 0 Å². The highest BCUT2D eigenvalue weighted by Crippen LogP contribution is 2.40. The van der Waals surface area contributed by atoms with Crippen LogP contribution in [0.1, 0.15) is 61.3 Å². The Bertz CT molecular complexity index is 832. The molecule has 0 aromatic heterocycles. The number of benzene rings is 1. The number of amides is 1. The van der Waals surface area contributed by atoms with Crippen molar-refractivity contribution in [3.8, 4) is 17.2 Å². The fourth-order valence-corrected chi connectivity index (χ4v) is 3.97. The Labute approximate surface area is 204 Å². The lowest BCUT2D eigenvalue weighted by molar-refractivity contribution is 0.00578. The van der Waals surface area contributed by atoms with Crippen LogP contribution in [0.2, 0.25) is 0 Å². The molecule has 0 unspecified atom stereocenters. The first-order valence-electron chi connectivity index (χ1n) is 12.0. The molecule has 2 aliphatic heterocycles. The van der Waals surface area contributed by atoms with Crippen molar-refractivity contribution in [2.75, 3.05) is 33.9 Å². The van der Waals surface area contributed by atoms with Gasteiger partial charge >= 0.3 is 13.2 Å². The number of hydrogen-bond donors (Lipinski definition) is 0. The number of carbonyl (C=O) groups is 1. The van der Waals surface area contributed by atoms with Gasteiger partial charge in [-0.3, -0.25) is 0 Å². The maximum atomic E-state index is 12.3. The van der Waals surface area contributed by atoms with Gasteiger partial charge in [-0.1, -0.05) is 0 Å². The molecule has 0 radical (unpaired) electrons. The average Bonchev–Trinajstić information content (AvgIpc) is 2.97. The zero-order valence-electron chi connectivity index (χ0n) is 22.1. The number of ether oxygens (including phenoxy) is 4. The minimum absolute atomic E-state index is 0.256. The second-order valence-electron chi connectivity index (χ2n) is 11.1. The Morgan fingerprint density at radius 3 is 1.97 bits per heavy atom. The van der Waals surface area contributed by atoms with Gasteiger partial charge in [0.2, 0.25) is 5.75 Å². The molecule has 0 N–H and O–H groups in total. The van der Waals surface area contributed by atoms with E-state index in [1.54, 1.807) is 19.1 Å². The van der Waals surface area contributed by atoms with Crippen molar-refractivity contribution in [3.05, 3.63) is 12.1 Å². The molecule has 1 aromatic rings. The normalized spacial score (nSPS) is 20.3. The maximum Gasteiger partial charge on any atom is 0.495 e. The van der Waals surface area contributed by atoms with E-state index >= 15 is 0 Å². The lowest BCUT2D eigenvalue weighted by atomic mass is 9.78. The molecule has 2 saturated heterocycles. The zero-order chi connectivity index (χ0) is 25.3. The molecule has 190 valence electrons. The summed E-state index contributed by atoms with van der Waals surface area (Å²) >= 11 is 0. The molecule has 0 aliphatic carbocycles. The second-order valence-corrected chi connectivity index (χ2v) is 11.1. The molecule has 0 saturated carbocycles. The van der Waals surface area contributed by atoms with E-state index in [1.165, 1.54) is 0 Å². The van der Waals surface area contributed by atoms with E-state index in [9.17, 15) is 4.79 Å². The minimum atomic E-state index is -0.529. The molecule has 2 aliphatic rings. The fourth-order valence-electron chi connectivity index (χ4n) is 3.97. The molecule has 3 rings (SSSR count). The molecule has 1 amide bonds. The van der Waals surface area contributed by atoms with Crippen molar-refractivity contribution >= 4 is 18.7 Å². The van der Waals surface area contributed by atoms with Crippen molar-refractivity contribution in [2.45, 2.75) is 78.1 Å². The van der Waals surface area contributed by atoms with E-state index in [0.29, 0.717) is 42.9 Å². The number of piperidine rings is 1. The lowest BCUT2D eigenvalue weighted by Crippen LogP contribution is -2.42. The van der Waals surface area contributed by atoms with Gasteiger partial charge in [0.25, 0.3) is 0 Å². The molecular formula is C25H40BNO7. The lowest BCUT2D eigenvalue weighted by Gasteiger charge is -2.33. The van der Waals surface area contributed by atoms with Crippen LogP contribution >= 0.6 is 0 Å². The van der Waals surface area contributed by atoms with Gasteiger partial charge in [-0.15, -0.1) is 0 Å².